The van der Waals surface area contributed by atoms with Crippen LogP contribution < -0.4 is 96.7 Å². The van der Waals surface area contributed by atoms with Gasteiger partial charge in [0, 0.05) is 21.1 Å². The molecule has 0 amide bonds. The number of halogens is 15. The number of carbonyl (C=O) groups excluding carboxylic acids is 1. The van der Waals surface area contributed by atoms with Crippen molar-refractivity contribution in [2.45, 2.75) is 271 Å². The summed E-state index contributed by atoms with van der Waals surface area (Å²) in [5.41, 5.74) is 4.88. The Morgan fingerprint density at radius 3 is 0.919 bits per heavy atom. The first kappa shape index (κ1) is 123. The van der Waals surface area contributed by atoms with Crippen LogP contribution in [0, 0.1) is 65.5 Å². The molecule has 0 atom stereocenters. The van der Waals surface area contributed by atoms with Crippen LogP contribution in [0.3, 0.4) is 0 Å². The van der Waals surface area contributed by atoms with Gasteiger partial charge in [0.1, 0.15) is 34.9 Å². The Bertz CT molecular complexity index is 4820. The number of rotatable bonds is 21. The first-order valence-electron chi connectivity index (χ1n) is 47.4. The maximum atomic E-state index is 14.2. The van der Waals surface area contributed by atoms with Crippen LogP contribution in [-0.2, 0) is 9.53 Å². The van der Waals surface area contributed by atoms with Gasteiger partial charge in [-0.05, 0) is 256 Å². The first-order valence-corrected chi connectivity index (χ1v) is 53.7. The molecule has 4 fully saturated rings. The Hall–Kier alpha value is -5.38. The number of esters is 1. The van der Waals surface area contributed by atoms with Crippen molar-refractivity contribution < 1.29 is 148 Å². The largest absolute Gasteiger partial charge is 1.00 e. The zero-order valence-corrected chi connectivity index (χ0v) is 90.2. The third-order valence-electron chi connectivity index (χ3n) is 25.0. The number of ether oxygens (including phenoxy) is 1. The third-order valence-corrected chi connectivity index (χ3v) is 34.3. The summed E-state index contributed by atoms with van der Waals surface area (Å²) in [7, 11) is -1.35. The van der Waals surface area contributed by atoms with Crippen molar-refractivity contribution in [1.29, 1.82) is 0 Å². The Labute approximate surface area is 883 Å². The molecular formula is C112H137BBr3F12KLiO5P. The predicted molar refractivity (Wildman–Crippen MR) is 544 cm³/mol. The maximum absolute atomic E-state index is 14.2. The van der Waals surface area contributed by atoms with Crippen molar-refractivity contribution >= 4 is 92.7 Å². The SMILES string of the molecule is C=C(c1c(F)cc(-c2ccc(C3CCC(CCC)CC3)cc2)cc1F)C(F)(F)F.CC(C)(C)[O-].CCCC1CCC(c2ccc(-c3cc(F)cc(F)c3)cc2)CC1.CCCC1CCC(c2ccc(B(O)O)cc2)CC1.CCCC1CCC(c2ccc(Br)cc2)CC1.CCOC(=O)C(F)(F)F.CP(Br)(c1ccccc1)(c1ccccc1)c1ccccc1.Fc1cc(F)cc(Br)c1.[CH2-]CCC.[K+].[Li+]. The fraction of sp³-hybridized carbons (Fsp3) is 0.429. The van der Waals surface area contributed by atoms with Crippen molar-refractivity contribution in [1.82, 2.24) is 0 Å². The summed E-state index contributed by atoms with van der Waals surface area (Å²) in [5, 5.41) is 29.7. The molecule has 10 aromatic carbocycles. The fourth-order valence-corrected chi connectivity index (χ4v) is 24.1. The van der Waals surface area contributed by atoms with Gasteiger partial charge in [0.15, 0.2) is 0 Å². The molecule has 2 N–H and O–H groups in total. The molecule has 0 aromatic heterocycles. The molecule has 136 heavy (non-hydrogen) atoms. The molecule has 0 spiro atoms. The van der Waals surface area contributed by atoms with E-state index >= 15 is 0 Å². The van der Waals surface area contributed by atoms with Gasteiger partial charge in [-0.1, -0.05) is 237 Å². The van der Waals surface area contributed by atoms with Crippen molar-refractivity contribution in [3.63, 3.8) is 0 Å². The second kappa shape index (κ2) is 62.2. The zero-order chi connectivity index (χ0) is 98.8. The topological polar surface area (TPSA) is 89.8 Å². The van der Waals surface area contributed by atoms with Crippen LogP contribution in [0.15, 0.2) is 252 Å². The number of carbonyl (C=O) groups is 1. The second-order valence-corrected chi connectivity index (χ2v) is 48.1. The molecule has 4 aliphatic carbocycles. The quantitative estimate of drug-likeness (QED) is 0.0246. The van der Waals surface area contributed by atoms with E-state index in [9.17, 15) is 62.6 Å². The number of hydrogen-bond acceptors (Lipinski definition) is 5. The number of allylic oxidation sites excluding steroid dienone is 1. The van der Waals surface area contributed by atoms with Crippen LogP contribution in [0.1, 0.15) is 281 Å². The van der Waals surface area contributed by atoms with Gasteiger partial charge in [0.25, 0.3) is 0 Å². The fourth-order valence-electron chi connectivity index (χ4n) is 17.8. The van der Waals surface area contributed by atoms with Gasteiger partial charge in [0.2, 0.25) is 0 Å². The average Bonchev–Trinajstić information content (AvgIpc) is 0.716. The Morgan fingerprint density at radius 1 is 0.419 bits per heavy atom. The summed E-state index contributed by atoms with van der Waals surface area (Å²) < 4.78 is 157. The van der Waals surface area contributed by atoms with E-state index in [-0.39, 0.29) is 82.4 Å². The van der Waals surface area contributed by atoms with Gasteiger partial charge >= 0.3 is 230 Å². The van der Waals surface area contributed by atoms with Crippen LogP contribution in [0.2, 0.25) is 0 Å². The van der Waals surface area contributed by atoms with E-state index in [2.05, 4.69) is 246 Å². The standard InChI is InChI=1S/C24H25F5.C21H24F2.C19H18BrP.C15H23BO2.C15H21Br.C6H3BrF2.C4H5F3O2.C4H9O.C4H9.K.Li/c1-3-4-16-5-7-17(8-6-16)18-9-11-19(12-10-18)20-13-21(25)23(22(26)14-20)15(2)24(27,28)29;1-2-3-15-4-6-16(7-5-15)17-8-10-18(11-9-17)19-12-20(22)14-21(23)13-19;1-21(20,17-11-5-2-6-12-17,18-13-7-3-8-14-18)19-15-9-4-10-16-19;1-2-3-12-4-6-13(7-5-12)14-8-10-15(11-9-14)16(17)18;1-2-3-12-4-6-13(7-5-12)14-8-10-15(16)11-9-14;7-4-1-5(8)3-6(9)2-4;1-2-9-3(8)4(5,6)7;1-4(2,3)5;1-3-4-2;;/h9-14,16-17H,2-8H2,1H3;8-16H,2-7H2,1H3;2-16H,1H3;8-13,17-18H,2-7H2,1H3;8-13H,2-7H2,1H3;1-3H;2H2,1H3;1-3H3;1,3-4H2,2H3;;/q;;;;;;;2*-1;2*+1. The molecule has 730 valence electrons. The van der Waals surface area contributed by atoms with Gasteiger partial charge < -0.3 is 26.8 Å². The molecule has 14 rings (SSSR count). The summed E-state index contributed by atoms with van der Waals surface area (Å²) in [4.78, 5) is 9.72. The van der Waals surface area contributed by atoms with E-state index in [4.69, 9.17) is 10.0 Å². The van der Waals surface area contributed by atoms with Gasteiger partial charge in [-0.3, -0.25) is 0 Å². The minimum atomic E-state index is -4.89. The molecule has 4 aliphatic rings. The summed E-state index contributed by atoms with van der Waals surface area (Å²) in [6.45, 7) is 25.9. The van der Waals surface area contributed by atoms with E-state index in [1.54, 1.807) is 32.9 Å². The smallest absolute Gasteiger partial charge is 0.343 e. The molecule has 4 saturated carbocycles. The molecule has 0 heterocycles. The van der Waals surface area contributed by atoms with Crippen molar-refractivity contribution in [2.24, 2.45) is 23.7 Å². The minimum absolute atomic E-state index is 0. The number of hydrogen-bond donors (Lipinski definition) is 2. The van der Waals surface area contributed by atoms with E-state index in [0.717, 1.165) is 78.7 Å². The van der Waals surface area contributed by atoms with Crippen molar-refractivity contribution in [3.05, 3.63) is 322 Å². The Morgan fingerprint density at radius 2 is 0.684 bits per heavy atom. The van der Waals surface area contributed by atoms with E-state index in [1.807, 2.05) is 36.4 Å². The molecule has 0 radical (unpaired) electrons. The summed E-state index contributed by atoms with van der Waals surface area (Å²) in [5.74, 6) is -0.570. The van der Waals surface area contributed by atoms with Crippen LogP contribution in [0.25, 0.3) is 27.8 Å². The van der Waals surface area contributed by atoms with E-state index < -0.39 is 82.4 Å². The summed E-state index contributed by atoms with van der Waals surface area (Å²) in [6.07, 6.45) is 24.0. The second-order valence-electron chi connectivity index (χ2n) is 36.5. The normalized spacial score (nSPS) is 18.1. The van der Waals surface area contributed by atoms with Gasteiger partial charge in [0.05, 0.1) is 17.7 Å². The van der Waals surface area contributed by atoms with E-state index in [1.165, 1.54) is 222 Å². The molecule has 10 aromatic rings. The number of alkyl halides is 6. The van der Waals surface area contributed by atoms with E-state index in [0.29, 0.717) is 38.8 Å². The van der Waals surface area contributed by atoms with Crippen LogP contribution in [-0.4, -0.2) is 54.4 Å². The molecule has 0 bridgehead atoms. The van der Waals surface area contributed by atoms with Crippen LogP contribution >= 0.6 is 52.7 Å². The van der Waals surface area contributed by atoms with Crippen molar-refractivity contribution in [3.8, 4) is 22.3 Å². The Kier molecular flexibility index (Phi) is 56.2. The monoisotopic (exact) mass is 2110 g/mol. The third kappa shape index (κ3) is 42.3. The molecular weight excluding hydrogens is 1980 g/mol. The van der Waals surface area contributed by atoms with Gasteiger partial charge in [-0.25, -0.2) is 31.1 Å². The van der Waals surface area contributed by atoms with Crippen LogP contribution in [0.5, 0.6) is 0 Å². The number of unbranched alkanes of at least 4 members (excludes halogenated alkanes) is 1. The Balaban J connectivity index is 0.000000334. The summed E-state index contributed by atoms with van der Waals surface area (Å²) >= 11 is 10.7. The molecule has 24 heteroatoms. The minimum Gasteiger partial charge on any atom is -0.343 e. The van der Waals surface area contributed by atoms with Gasteiger partial charge in [-0.15, -0.1) is 5.60 Å². The first-order chi connectivity index (χ1) is 63.5. The summed E-state index contributed by atoms with van der Waals surface area (Å²) in [6, 6.07) is 73.5. The molecule has 0 unspecified atom stereocenters. The van der Waals surface area contributed by atoms with Crippen molar-refractivity contribution in [2.75, 3.05) is 13.3 Å². The molecule has 0 saturated heterocycles. The molecule has 5 nitrogen and oxygen atoms in total. The predicted octanol–water partition coefficient (Wildman–Crippen LogP) is 27.0. The maximum Gasteiger partial charge on any atom is 1.00 e. The average molecular weight is 2120 g/mol. The van der Waals surface area contributed by atoms with Crippen LogP contribution in [0.4, 0.5) is 52.7 Å². The molecule has 0 aliphatic heterocycles. The van der Waals surface area contributed by atoms with Gasteiger partial charge in [-0.2, -0.15) is 32.8 Å². The number of benzene rings is 10. The zero-order valence-electron chi connectivity index (χ0n) is 81.5.